The van der Waals surface area contributed by atoms with E-state index < -0.39 is 16.6 Å². The van der Waals surface area contributed by atoms with Gasteiger partial charge in [0.15, 0.2) is 5.76 Å². The predicted octanol–water partition coefficient (Wildman–Crippen LogP) is 6.61. The number of non-ortho nitro benzene ring substituents is 1. The van der Waals surface area contributed by atoms with Crippen LogP contribution in [0.4, 0.5) is 15.8 Å². The van der Waals surface area contributed by atoms with E-state index in [1.165, 1.54) is 49.6 Å². The van der Waals surface area contributed by atoms with Gasteiger partial charge in [-0.15, -0.1) is 0 Å². The highest BCUT2D eigenvalue weighted by Crippen LogP contribution is 2.31. The molecule has 0 saturated carbocycles. The molecule has 11 heteroatoms. The first-order valence-electron chi connectivity index (χ1n) is 10.4. The van der Waals surface area contributed by atoms with Gasteiger partial charge in [0.1, 0.15) is 41.2 Å². The van der Waals surface area contributed by atoms with Crippen LogP contribution < -0.4 is 19.5 Å². The smallest absolute Gasteiger partial charge is 0.291 e. The number of halogens is 2. The SMILES string of the molecule is COc1ccc(Oc2cc(NC(=O)c3ccc(COc4ccc(F)cc4Cl)o3)cc([N+](=O)[O-])c2)cc1. The molecule has 0 fully saturated rings. The normalized spacial score (nSPS) is 10.5. The molecule has 1 heterocycles. The van der Waals surface area contributed by atoms with Crippen LogP contribution in [0, 0.1) is 15.9 Å². The van der Waals surface area contributed by atoms with Crippen molar-refractivity contribution in [1.82, 2.24) is 0 Å². The van der Waals surface area contributed by atoms with Crippen molar-refractivity contribution in [3.05, 3.63) is 105 Å². The standard InChI is InChI=1S/C25H18ClFN2O7/c1-33-18-3-5-19(6-4-18)35-21-12-16(11-17(13-21)29(31)32)28-25(30)24-9-7-20(36-24)14-34-23-8-2-15(27)10-22(23)26/h2-13H,14H2,1H3,(H,28,30). The molecule has 0 aliphatic carbocycles. The molecule has 4 rings (SSSR count). The second-order valence-corrected chi connectivity index (χ2v) is 7.74. The molecule has 4 aromatic rings. The summed E-state index contributed by atoms with van der Waals surface area (Å²) in [6.07, 6.45) is 0. The number of ether oxygens (including phenoxy) is 3. The first-order valence-corrected chi connectivity index (χ1v) is 10.8. The van der Waals surface area contributed by atoms with Gasteiger partial charge >= 0.3 is 0 Å². The quantitative estimate of drug-likeness (QED) is 0.198. The Morgan fingerprint density at radius 2 is 1.78 bits per heavy atom. The van der Waals surface area contributed by atoms with E-state index in [1.807, 2.05) is 0 Å². The number of nitrogens with one attached hydrogen (secondary N) is 1. The molecule has 0 saturated heterocycles. The number of hydrogen-bond acceptors (Lipinski definition) is 7. The summed E-state index contributed by atoms with van der Waals surface area (Å²) in [6, 6.07) is 17.2. The van der Waals surface area contributed by atoms with Gasteiger partial charge in [0.25, 0.3) is 11.6 Å². The average molecular weight is 513 g/mol. The molecule has 0 bridgehead atoms. The van der Waals surface area contributed by atoms with E-state index in [4.69, 9.17) is 30.2 Å². The fourth-order valence-corrected chi connectivity index (χ4v) is 3.33. The molecule has 0 aliphatic rings. The summed E-state index contributed by atoms with van der Waals surface area (Å²) in [5.74, 6) is 0.561. The third-order valence-electron chi connectivity index (χ3n) is 4.80. The Kier molecular flexibility index (Phi) is 7.36. The second kappa shape index (κ2) is 10.8. The monoisotopic (exact) mass is 512 g/mol. The third-order valence-corrected chi connectivity index (χ3v) is 5.10. The number of rotatable bonds is 9. The molecule has 1 aromatic heterocycles. The van der Waals surface area contributed by atoms with Gasteiger partial charge in [0.2, 0.25) is 0 Å². The number of nitro benzene ring substituents is 1. The second-order valence-electron chi connectivity index (χ2n) is 7.33. The number of carbonyl (C=O) groups excluding carboxylic acids is 1. The van der Waals surface area contributed by atoms with E-state index >= 15 is 0 Å². The fraction of sp³-hybridized carbons (Fsp3) is 0.0800. The third kappa shape index (κ3) is 6.10. The molecule has 184 valence electrons. The maximum absolute atomic E-state index is 13.2. The van der Waals surface area contributed by atoms with E-state index in [9.17, 15) is 19.3 Å². The number of furan rings is 1. The van der Waals surface area contributed by atoms with Crippen LogP contribution in [0.5, 0.6) is 23.0 Å². The topological polar surface area (TPSA) is 113 Å². The van der Waals surface area contributed by atoms with E-state index in [0.29, 0.717) is 17.3 Å². The van der Waals surface area contributed by atoms with Gasteiger partial charge in [0.05, 0.1) is 28.8 Å². The van der Waals surface area contributed by atoms with Gasteiger partial charge in [-0.2, -0.15) is 0 Å². The Hall–Kier alpha value is -4.57. The summed E-state index contributed by atoms with van der Waals surface area (Å²) < 4.78 is 35.0. The first-order chi connectivity index (χ1) is 17.3. The molecular formula is C25H18ClFN2O7. The Morgan fingerprint density at radius 1 is 1.03 bits per heavy atom. The highest BCUT2D eigenvalue weighted by molar-refractivity contribution is 6.32. The van der Waals surface area contributed by atoms with Crippen LogP contribution in [0.3, 0.4) is 0 Å². The van der Waals surface area contributed by atoms with Gasteiger partial charge in [-0.25, -0.2) is 4.39 Å². The Morgan fingerprint density at radius 3 is 2.47 bits per heavy atom. The number of nitro groups is 1. The molecule has 0 spiro atoms. The van der Waals surface area contributed by atoms with Gasteiger partial charge < -0.3 is 23.9 Å². The summed E-state index contributed by atoms with van der Waals surface area (Å²) in [4.78, 5) is 23.5. The van der Waals surface area contributed by atoms with Crippen LogP contribution in [-0.2, 0) is 6.61 Å². The van der Waals surface area contributed by atoms with Gasteiger partial charge in [-0.05, 0) is 54.6 Å². The molecule has 0 aliphatic heterocycles. The Labute approximate surface area is 209 Å². The van der Waals surface area contributed by atoms with E-state index in [2.05, 4.69) is 5.32 Å². The maximum atomic E-state index is 13.2. The first kappa shape index (κ1) is 24.6. The minimum absolute atomic E-state index is 0.0528. The summed E-state index contributed by atoms with van der Waals surface area (Å²) in [6.45, 7) is -0.0602. The molecule has 0 radical (unpaired) electrons. The van der Waals surface area contributed by atoms with Gasteiger partial charge in [-0.1, -0.05) is 11.6 Å². The zero-order valence-corrected chi connectivity index (χ0v) is 19.5. The van der Waals surface area contributed by atoms with Crippen molar-refractivity contribution in [1.29, 1.82) is 0 Å². The number of methoxy groups -OCH3 is 1. The summed E-state index contributed by atoms with van der Waals surface area (Å²) in [7, 11) is 1.53. The van der Waals surface area contributed by atoms with Crippen molar-refractivity contribution in [2.45, 2.75) is 6.61 Å². The zero-order valence-electron chi connectivity index (χ0n) is 18.7. The molecule has 3 aromatic carbocycles. The molecule has 0 unspecified atom stereocenters. The van der Waals surface area contributed by atoms with Crippen molar-refractivity contribution in [3.8, 4) is 23.0 Å². The van der Waals surface area contributed by atoms with Crippen LogP contribution in [0.15, 0.2) is 77.2 Å². The number of carbonyl (C=O) groups is 1. The predicted molar refractivity (Wildman–Crippen MR) is 129 cm³/mol. The highest BCUT2D eigenvalue weighted by atomic mass is 35.5. The van der Waals surface area contributed by atoms with Crippen molar-refractivity contribution in [2.75, 3.05) is 12.4 Å². The van der Waals surface area contributed by atoms with Crippen molar-refractivity contribution < 1.29 is 32.7 Å². The van der Waals surface area contributed by atoms with Crippen molar-refractivity contribution >= 4 is 28.9 Å². The van der Waals surface area contributed by atoms with Crippen LogP contribution in [0.25, 0.3) is 0 Å². The van der Waals surface area contributed by atoms with Crippen LogP contribution in [0.1, 0.15) is 16.3 Å². The van der Waals surface area contributed by atoms with Gasteiger partial charge in [0, 0.05) is 12.1 Å². The molecular weight excluding hydrogens is 495 g/mol. The molecule has 1 N–H and O–H groups in total. The molecule has 0 atom stereocenters. The zero-order chi connectivity index (χ0) is 25.7. The maximum Gasteiger partial charge on any atom is 0.291 e. The van der Waals surface area contributed by atoms with E-state index in [0.717, 1.165) is 6.07 Å². The lowest BCUT2D eigenvalue weighted by Crippen LogP contribution is -2.11. The largest absolute Gasteiger partial charge is 0.497 e. The molecule has 9 nitrogen and oxygen atoms in total. The average Bonchev–Trinajstić information content (AvgIpc) is 3.33. The minimum atomic E-state index is -0.642. The highest BCUT2D eigenvalue weighted by Gasteiger charge is 2.17. The summed E-state index contributed by atoms with van der Waals surface area (Å²) in [5, 5.41) is 14.0. The Bertz CT molecular complexity index is 1410. The number of hydrogen-bond donors (Lipinski definition) is 1. The molecule has 36 heavy (non-hydrogen) atoms. The van der Waals surface area contributed by atoms with Crippen LogP contribution >= 0.6 is 11.6 Å². The van der Waals surface area contributed by atoms with E-state index in [1.54, 1.807) is 24.3 Å². The lowest BCUT2D eigenvalue weighted by atomic mass is 10.2. The van der Waals surface area contributed by atoms with Crippen molar-refractivity contribution in [2.24, 2.45) is 0 Å². The lowest BCUT2D eigenvalue weighted by molar-refractivity contribution is -0.384. The fourth-order valence-electron chi connectivity index (χ4n) is 3.11. The van der Waals surface area contributed by atoms with Crippen LogP contribution in [0.2, 0.25) is 5.02 Å². The van der Waals surface area contributed by atoms with Crippen LogP contribution in [-0.4, -0.2) is 17.9 Å². The van der Waals surface area contributed by atoms with Crippen molar-refractivity contribution in [3.63, 3.8) is 0 Å². The number of benzene rings is 3. The summed E-state index contributed by atoms with van der Waals surface area (Å²) >= 11 is 5.93. The summed E-state index contributed by atoms with van der Waals surface area (Å²) in [5.41, 5.74) is -0.147. The molecule has 1 amide bonds. The Balaban J connectivity index is 1.45. The number of anilines is 1. The lowest BCUT2D eigenvalue weighted by Gasteiger charge is -2.09. The number of amides is 1. The van der Waals surface area contributed by atoms with Gasteiger partial charge in [-0.3, -0.25) is 14.9 Å². The van der Waals surface area contributed by atoms with E-state index in [-0.39, 0.29) is 40.3 Å². The minimum Gasteiger partial charge on any atom is -0.497 e. The number of nitrogens with zero attached hydrogens (tertiary/aromatic N) is 1.